The number of imidazole rings is 1. The third-order valence-corrected chi connectivity index (χ3v) is 5.97. The number of rotatable bonds is 6. The van der Waals surface area contributed by atoms with Crippen LogP contribution in [-0.4, -0.2) is 41.0 Å². The number of H-pyrrole nitrogens is 1. The third-order valence-electron chi connectivity index (χ3n) is 5.46. The fraction of sp³-hybridized carbons (Fsp3) is 0.417. The number of benzene rings is 1. The van der Waals surface area contributed by atoms with Crippen LogP contribution in [-0.2, 0) is 9.59 Å². The predicted octanol–water partition coefficient (Wildman–Crippen LogP) is 5.06. The second-order valence-corrected chi connectivity index (χ2v) is 9.68. The van der Waals surface area contributed by atoms with Gasteiger partial charge in [0, 0.05) is 35.2 Å². The third kappa shape index (κ3) is 5.70. The fourth-order valence-electron chi connectivity index (χ4n) is 3.50. The van der Waals surface area contributed by atoms with Gasteiger partial charge in [-0.05, 0) is 25.8 Å². The van der Waals surface area contributed by atoms with Crippen LogP contribution < -0.4 is 10.6 Å². The lowest BCUT2D eigenvalue weighted by Crippen LogP contribution is -2.39. The van der Waals surface area contributed by atoms with Crippen molar-refractivity contribution in [3.63, 3.8) is 0 Å². The molecule has 1 unspecified atom stereocenters. The molecular weight excluding hydrogens is 464 g/mol. The molecule has 1 aliphatic heterocycles. The number of allylic oxidation sites excluding steroid dienone is 1. The zero-order chi connectivity index (χ0) is 25.2. The van der Waals surface area contributed by atoms with E-state index in [1.807, 2.05) is 25.1 Å². The van der Waals surface area contributed by atoms with Gasteiger partial charge >= 0.3 is 0 Å². The minimum Gasteiger partial charge on any atom is -0.355 e. The lowest BCUT2D eigenvalue weighted by Gasteiger charge is -2.23. The molecule has 0 radical (unpaired) electrons. The summed E-state index contributed by atoms with van der Waals surface area (Å²) >= 11 is 6.41. The standard InChI is InChI=1S/C24H28ClF2N5O2/c1-12-7-6-8-15(17(12)25)18-13(2)30-23(31-18)32-21(33)16-9-14(10-28-19(16)20(26)27)11-29-22(34)24(3,4)5/h6-8,10,14,20H,9,11H2,1-5H3,(H,29,34)(H2,30,31,32,33). The van der Waals surface area contributed by atoms with Gasteiger partial charge in [0.05, 0.1) is 16.4 Å². The van der Waals surface area contributed by atoms with Gasteiger partial charge in [0.25, 0.3) is 12.3 Å². The van der Waals surface area contributed by atoms with Crippen LogP contribution in [0.2, 0.25) is 5.02 Å². The molecule has 1 aromatic carbocycles. The number of aryl methyl sites for hydroxylation is 2. The number of carbonyl (C=O) groups is 2. The topological polar surface area (TPSA) is 99.2 Å². The van der Waals surface area contributed by atoms with Crippen LogP contribution in [0.25, 0.3) is 11.3 Å². The van der Waals surface area contributed by atoms with Crippen LogP contribution >= 0.6 is 11.6 Å². The number of aromatic nitrogens is 2. The van der Waals surface area contributed by atoms with Crippen LogP contribution in [0.3, 0.4) is 0 Å². The number of hydrogen-bond donors (Lipinski definition) is 3. The number of carbonyl (C=O) groups excluding carboxylic acids is 2. The lowest BCUT2D eigenvalue weighted by molar-refractivity contribution is -0.128. The van der Waals surface area contributed by atoms with Crippen molar-refractivity contribution >= 4 is 35.6 Å². The van der Waals surface area contributed by atoms with E-state index in [1.165, 1.54) is 6.21 Å². The number of amides is 2. The lowest BCUT2D eigenvalue weighted by atomic mass is 9.93. The van der Waals surface area contributed by atoms with Crippen LogP contribution in [0.5, 0.6) is 0 Å². The molecule has 1 atom stereocenters. The summed E-state index contributed by atoms with van der Waals surface area (Å²) in [5.74, 6) is -1.18. The number of nitrogens with one attached hydrogen (secondary N) is 3. The quantitative estimate of drug-likeness (QED) is 0.526. The summed E-state index contributed by atoms with van der Waals surface area (Å²) in [5, 5.41) is 5.90. The van der Waals surface area contributed by atoms with Crippen molar-refractivity contribution in [2.45, 2.75) is 47.5 Å². The molecule has 0 bridgehead atoms. The Morgan fingerprint density at radius 2 is 1.97 bits per heavy atom. The number of hydrogen-bond acceptors (Lipinski definition) is 4. The van der Waals surface area contributed by atoms with E-state index in [2.05, 4.69) is 25.6 Å². The highest BCUT2D eigenvalue weighted by Crippen LogP contribution is 2.32. The van der Waals surface area contributed by atoms with Gasteiger partial charge in [0.1, 0.15) is 5.70 Å². The number of halogens is 3. The highest BCUT2D eigenvalue weighted by Gasteiger charge is 2.29. The molecule has 0 aliphatic carbocycles. The highest BCUT2D eigenvalue weighted by atomic mass is 35.5. The molecule has 0 saturated carbocycles. The zero-order valence-corrected chi connectivity index (χ0v) is 20.5. The van der Waals surface area contributed by atoms with Gasteiger partial charge in [-0.3, -0.25) is 19.9 Å². The molecule has 34 heavy (non-hydrogen) atoms. The van der Waals surface area contributed by atoms with Gasteiger partial charge in [-0.1, -0.05) is 50.6 Å². The van der Waals surface area contributed by atoms with E-state index in [4.69, 9.17) is 11.6 Å². The van der Waals surface area contributed by atoms with Crippen molar-refractivity contribution < 1.29 is 18.4 Å². The zero-order valence-electron chi connectivity index (χ0n) is 19.7. The summed E-state index contributed by atoms with van der Waals surface area (Å²) in [7, 11) is 0. The first-order valence-electron chi connectivity index (χ1n) is 10.9. The molecule has 1 aromatic heterocycles. The van der Waals surface area contributed by atoms with Crippen molar-refractivity contribution in [1.82, 2.24) is 15.3 Å². The van der Waals surface area contributed by atoms with Gasteiger partial charge in [-0.25, -0.2) is 13.8 Å². The summed E-state index contributed by atoms with van der Waals surface area (Å²) in [6.45, 7) is 9.13. The number of anilines is 1. The van der Waals surface area contributed by atoms with E-state index in [9.17, 15) is 18.4 Å². The molecule has 3 N–H and O–H groups in total. The number of aliphatic imine (C=N–C) groups is 1. The second kappa shape index (κ2) is 10.0. The summed E-state index contributed by atoms with van der Waals surface area (Å²) in [5.41, 5.74) is 1.50. The Labute approximate surface area is 202 Å². The van der Waals surface area contributed by atoms with E-state index in [0.717, 1.165) is 11.1 Å². The minimum atomic E-state index is -2.91. The van der Waals surface area contributed by atoms with Gasteiger partial charge < -0.3 is 10.3 Å². The van der Waals surface area contributed by atoms with Crippen LogP contribution in [0.4, 0.5) is 14.7 Å². The summed E-state index contributed by atoms with van der Waals surface area (Å²) in [6.07, 6.45) is -1.55. The van der Waals surface area contributed by atoms with Crippen LogP contribution in [0.15, 0.2) is 34.5 Å². The average Bonchev–Trinajstić information content (AvgIpc) is 3.12. The summed E-state index contributed by atoms with van der Waals surface area (Å²) in [4.78, 5) is 36.3. The Morgan fingerprint density at radius 1 is 1.26 bits per heavy atom. The molecule has 3 rings (SSSR count). The number of alkyl halides is 2. The van der Waals surface area contributed by atoms with Crippen molar-refractivity contribution in [3.8, 4) is 11.3 Å². The first-order valence-corrected chi connectivity index (χ1v) is 11.2. The Balaban J connectivity index is 1.79. The summed E-state index contributed by atoms with van der Waals surface area (Å²) < 4.78 is 27.2. The summed E-state index contributed by atoms with van der Waals surface area (Å²) in [6, 6.07) is 5.56. The van der Waals surface area contributed by atoms with Gasteiger partial charge in [0.2, 0.25) is 11.9 Å². The molecule has 2 amide bonds. The second-order valence-electron chi connectivity index (χ2n) is 9.30. The molecule has 0 spiro atoms. The van der Waals surface area contributed by atoms with Crippen molar-refractivity contribution in [2.24, 2.45) is 16.3 Å². The first kappa shape index (κ1) is 25.6. The maximum Gasteiger partial charge on any atom is 0.280 e. The maximum atomic E-state index is 13.6. The van der Waals surface area contributed by atoms with Crippen molar-refractivity contribution in [3.05, 3.63) is 45.7 Å². The molecule has 1 aliphatic rings. The SMILES string of the molecule is Cc1cccc(-c2[nH]c(NC(=O)C3=C(C(F)F)N=CC(CNC(=O)C(C)(C)C)C3)nc2C)c1Cl. The maximum absolute atomic E-state index is 13.6. The van der Waals surface area contributed by atoms with Crippen LogP contribution in [0.1, 0.15) is 38.4 Å². The monoisotopic (exact) mass is 491 g/mol. The van der Waals surface area contributed by atoms with E-state index in [0.29, 0.717) is 16.4 Å². The molecular formula is C24H28ClF2N5O2. The Bertz CT molecular complexity index is 1160. The Morgan fingerprint density at radius 3 is 2.62 bits per heavy atom. The van der Waals surface area contributed by atoms with Crippen molar-refractivity contribution in [2.75, 3.05) is 11.9 Å². The largest absolute Gasteiger partial charge is 0.355 e. The molecule has 2 aromatic rings. The van der Waals surface area contributed by atoms with E-state index in [-0.39, 0.29) is 30.4 Å². The molecule has 0 saturated heterocycles. The number of nitrogens with zero attached hydrogens (tertiary/aromatic N) is 2. The fourth-order valence-corrected chi connectivity index (χ4v) is 3.72. The van der Waals surface area contributed by atoms with E-state index < -0.39 is 29.4 Å². The molecule has 10 heteroatoms. The highest BCUT2D eigenvalue weighted by molar-refractivity contribution is 6.34. The molecule has 0 fully saturated rings. The van der Waals surface area contributed by atoms with E-state index >= 15 is 0 Å². The first-order chi connectivity index (χ1) is 15.9. The average molecular weight is 492 g/mol. The molecule has 182 valence electrons. The smallest absolute Gasteiger partial charge is 0.280 e. The predicted molar refractivity (Wildman–Crippen MR) is 129 cm³/mol. The Hall–Kier alpha value is -3.07. The molecule has 2 heterocycles. The van der Waals surface area contributed by atoms with Gasteiger partial charge in [0.15, 0.2) is 0 Å². The van der Waals surface area contributed by atoms with Gasteiger partial charge in [-0.2, -0.15) is 0 Å². The van der Waals surface area contributed by atoms with Crippen LogP contribution in [0, 0.1) is 25.2 Å². The number of aromatic amines is 1. The van der Waals surface area contributed by atoms with Gasteiger partial charge in [-0.15, -0.1) is 0 Å². The molecule has 7 nitrogen and oxygen atoms in total. The van der Waals surface area contributed by atoms with E-state index in [1.54, 1.807) is 27.7 Å². The van der Waals surface area contributed by atoms with Crippen molar-refractivity contribution in [1.29, 1.82) is 0 Å². The minimum absolute atomic E-state index is 0.00961. The Kier molecular flexibility index (Phi) is 7.55. The normalized spacial score (nSPS) is 16.2.